The molecule has 8 heteroatoms. The van der Waals surface area contributed by atoms with Gasteiger partial charge in [0.25, 0.3) is 5.56 Å². The van der Waals surface area contributed by atoms with Crippen molar-refractivity contribution < 1.29 is 9.47 Å². The van der Waals surface area contributed by atoms with Gasteiger partial charge in [-0.05, 0) is 36.1 Å². The van der Waals surface area contributed by atoms with Crippen molar-refractivity contribution in [1.29, 1.82) is 5.26 Å². The van der Waals surface area contributed by atoms with E-state index < -0.39 is 5.56 Å². The molecule has 6 nitrogen and oxygen atoms in total. The number of methoxy groups -OCH3 is 1. The number of thioether (sulfide) groups is 1. The van der Waals surface area contributed by atoms with E-state index in [2.05, 4.69) is 25.9 Å². The van der Waals surface area contributed by atoms with Crippen molar-refractivity contribution in [2.45, 2.75) is 11.8 Å². The van der Waals surface area contributed by atoms with E-state index in [1.807, 2.05) is 30.3 Å². The number of nitrogens with zero attached hydrogens (tertiary/aromatic N) is 2. The largest absolute Gasteiger partial charge is 0.493 e. The van der Waals surface area contributed by atoms with Crippen LogP contribution in [0.2, 0.25) is 0 Å². The Morgan fingerprint density at radius 1 is 1.25 bits per heavy atom. The number of hydrogen-bond donors (Lipinski definition) is 1. The topological polar surface area (TPSA) is 88.0 Å². The monoisotopic (exact) mass is 457 g/mol. The molecule has 0 amide bonds. The molecule has 28 heavy (non-hydrogen) atoms. The van der Waals surface area contributed by atoms with Gasteiger partial charge < -0.3 is 14.5 Å². The van der Waals surface area contributed by atoms with E-state index in [1.165, 1.54) is 18.9 Å². The predicted octanol–water partition coefficient (Wildman–Crippen LogP) is 4.38. The van der Waals surface area contributed by atoms with Gasteiger partial charge in [0.05, 0.1) is 7.11 Å². The molecule has 0 fully saturated rings. The highest BCUT2D eigenvalue weighted by Gasteiger charge is 2.20. The molecule has 142 valence electrons. The zero-order valence-corrected chi connectivity index (χ0v) is 17.6. The number of para-hydroxylation sites is 1. The molecular weight excluding hydrogens is 442 g/mol. The lowest BCUT2D eigenvalue weighted by molar-refractivity contribution is 0.285. The first kappa shape index (κ1) is 20.0. The number of aromatic nitrogens is 2. The van der Waals surface area contributed by atoms with E-state index in [4.69, 9.17) is 9.47 Å². The molecule has 2 aromatic carbocycles. The van der Waals surface area contributed by atoms with E-state index in [9.17, 15) is 10.1 Å². The van der Waals surface area contributed by atoms with Crippen LogP contribution >= 0.6 is 27.7 Å². The Balaban J connectivity index is 2.10. The van der Waals surface area contributed by atoms with Gasteiger partial charge in [-0.25, -0.2) is 4.98 Å². The van der Waals surface area contributed by atoms with Crippen molar-refractivity contribution in [2.24, 2.45) is 0 Å². The molecule has 0 aliphatic heterocycles. The lowest BCUT2D eigenvalue weighted by Gasteiger charge is -2.16. The number of benzene rings is 2. The number of halogens is 1. The normalized spacial score (nSPS) is 10.4. The van der Waals surface area contributed by atoms with Crippen LogP contribution in [0.15, 0.2) is 56.9 Å². The van der Waals surface area contributed by atoms with Crippen molar-refractivity contribution in [1.82, 2.24) is 9.97 Å². The average Bonchev–Trinajstić information content (AvgIpc) is 2.72. The van der Waals surface area contributed by atoms with Crippen LogP contribution in [0.25, 0.3) is 11.3 Å². The Hall–Kier alpha value is -2.76. The Morgan fingerprint density at radius 2 is 2.00 bits per heavy atom. The zero-order chi connectivity index (χ0) is 20.1. The van der Waals surface area contributed by atoms with Crippen LogP contribution in [0, 0.1) is 11.3 Å². The molecule has 0 spiro atoms. The van der Waals surface area contributed by atoms with Gasteiger partial charge in [-0.3, -0.25) is 4.79 Å². The highest BCUT2D eigenvalue weighted by atomic mass is 79.9. The number of ether oxygens (including phenoxy) is 2. The molecule has 0 aliphatic carbocycles. The second kappa shape index (κ2) is 8.95. The van der Waals surface area contributed by atoms with Gasteiger partial charge in [-0.2, -0.15) is 5.26 Å². The first-order valence-corrected chi connectivity index (χ1v) is 10.2. The molecule has 0 atom stereocenters. The molecule has 1 N–H and O–H groups in total. The van der Waals surface area contributed by atoms with Crippen molar-refractivity contribution in [3.63, 3.8) is 0 Å². The number of rotatable bonds is 6. The Kier molecular flexibility index (Phi) is 6.39. The summed E-state index contributed by atoms with van der Waals surface area (Å²) >= 11 is 4.69. The number of hydrogen-bond acceptors (Lipinski definition) is 6. The van der Waals surface area contributed by atoms with Crippen molar-refractivity contribution in [3.8, 4) is 28.8 Å². The summed E-state index contributed by atoms with van der Waals surface area (Å²) in [7, 11) is 1.54. The van der Waals surface area contributed by atoms with Gasteiger partial charge in [-0.1, -0.05) is 45.9 Å². The molecule has 1 heterocycles. The van der Waals surface area contributed by atoms with Gasteiger partial charge in [0.2, 0.25) is 0 Å². The summed E-state index contributed by atoms with van der Waals surface area (Å²) in [5, 5.41) is 9.90. The summed E-state index contributed by atoms with van der Waals surface area (Å²) in [5.74, 6) is 0.917. The SMILES string of the molecule is COc1cccc(-c2nc(SC)[nH]c(=O)c2C#N)c1OCc1ccc(Br)cc1. The first-order valence-electron chi connectivity index (χ1n) is 8.20. The van der Waals surface area contributed by atoms with Crippen LogP contribution in [0.4, 0.5) is 0 Å². The van der Waals surface area contributed by atoms with Crippen LogP contribution in [0.3, 0.4) is 0 Å². The number of nitrogens with one attached hydrogen (secondary N) is 1. The highest BCUT2D eigenvalue weighted by molar-refractivity contribution is 9.10. The lowest BCUT2D eigenvalue weighted by Crippen LogP contribution is -2.15. The lowest BCUT2D eigenvalue weighted by atomic mass is 10.1. The van der Waals surface area contributed by atoms with Crippen LogP contribution in [0.1, 0.15) is 11.1 Å². The Bertz CT molecular complexity index is 1090. The smallest absolute Gasteiger partial charge is 0.270 e. The summed E-state index contributed by atoms with van der Waals surface area (Å²) in [6.07, 6.45) is 1.80. The Morgan fingerprint density at radius 3 is 2.64 bits per heavy atom. The van der Waals surface area contributed by atoms with E-state index in [0.29, 0.717) is 28.8 Å². The second-order valence-corrected chi connectivity index (χ2v) is 7.37. The molecular formula is C20H16BrN3O3S. The van der Waals surface area contributed by atoms with Gasteiger partial charge >= 0.3 is 0 Å². The fraction of sp³-hybridized carbons (Fsp3) is 0.150. The summed E-state index contributed by atoms with van der Waals surface area (Å²) in [6, 6.07) is 15.0. The maximum atomic E-state index is 12.3. The first-order chi connectivity index (χ1) is 13.6. The summed E-state index contributed by atoms with van der Waals surface area (Å²) in [5.41, 5.74) is 1.19. The summed E-state index contributed by atoms with van der Waals surface area (Å²) in [4.78, 5) is 19.3. The quantitative estimate of drug-likeness (QED) is 0.436. The van der Waals surface area contributed by atoms with Gasteiger partial charge in [0, 0.05) is 10.0 Å². The minimum atomic E-state index is -0.487. The number of aromatic amines is 1. The molecule has 1 aromatic heterocycles. The zero-order valence-electron chi connectivity index (χ0n) is 15.2. The van der Waals surface area contributed by atoms with E-state index >= 15 is 0 Å². The molecule has 0 bridgehead atoms. The summed E-state index contributed by atoms with van der Waals surface area (Å²) in [6.45, 7) is 0.293. The van der Waals surface area contributed by atoms with E-state index in [1.54, 1.807) is 24.5 Å². The van der Waals surface area contributed by atoms with E-state index in [0.717, 1.165) is 10.0 Å². The number of H-pyrrole nitrogens is 1. The maximum absolute atomic E-state index is 12.3. The van der Waals surface area contributed by atoms with Crippen LogP contribution < -0.4 is 15.0 Å². The fourth-order valence-corrected chi connectivity index (χ4v) is 3.24. The van der Waals surface area contributed by atoms with Crippen LogP contribution in [-0.2, 0) is 6.61 Å². The summed E-state index contributed by atoms with van der Waals surface area (Å²) < 4.78 is 12.5. The third-order valence-electron chi connectivity index (χ3n) is 3.95. The standard InChI is InChI=1S/C20H16BrN3O3S/c1-26-16-5-3-4-14(17-15(10-22)19(25)24-20(23-17)28-2)18(16)27-11-12-6-8-13(21)9-7-12/h3-9H,11H2,1-2H3,(H,23,24,25). The highest BCUT2D eigenvalue weighted by Crippen LogP contribution is 2.38. The Labute approximate surface area is 174 Å². The molecule has 0 saturated carbocycles. The van der Waals surface area contributed by atoms with Crippen molar-refractivity contribution in [2.75, 3.05) is 13.4 Å². The predicted molar refractivity (Wildman–Crippen MR) is 112 cm³/mol. The van der Waals surface area contributed by atoms with Crippen molar-refractivity contribution >= 4 is 27.7 Å². The third kappa shape index (κ3) is 4.21. The minimum absolute atomic E-state index is 0.0699. The molecule has 0 unspecified atom stereocenters. The van der Waals surface area contributed by atoms with Crippen LogP contribution in [0.5, 0.6) is 11.5 Å². The second-order valence-electron chi connectivity index (χ2n) is 5.66. The van der Waals surface area contributed by atoms with Gasteiger partial charge in [0.1, 0.15) is 23.9 Å². The molecule has 0 aliphatic rings. The fourth-order valence-electron chi connectivity index (χ4n) is 2.60. The third-order valence-corrected chi connectivity index (χ3v) is 5.06. The van der Waals surface area contributed by atoms with Gasteiger partial charge in [0.15, 0.2) is 16.7 Å². The number of nitriles is 1. The van der Waals surface area contributed by atoms with Gasteiger partial charge in [-0.15, -0.1) is 0 Å². The minimum Gasteiger partial charge on any atom is -0.493 e. The molecule has 3 aromatic rings. The molecule has 3 rings (SSSR count). The maximum Gasteiger partial charge on any atom is 0.270 e. The average molecular weight is 458 g/mol. The molecule has 0 saturated heterocycles. The van der Waals surface area contributed by atoms with E-state index in [-0.39, 0.29) is 11.3 Å². The molecule has 0 radical (unpaired) electrons. The van der Waals surface area contributed by atoms with Crippen molar-refractivity contribution in [3.05, 3.63) is 68.4 Å². The van der Waals surface area contributed by atoms with Crippen LogP contribution in [-0.4, -0.2) is 23.3 Å².